The largest absolute Gasteiger partial charge is 0.444 e. The van der Waals surface area contributed by atoms with E-state index in [2.05, 4.69) is 24.9 Å². The maximum atomic E-state index is 10.5. The number of rotatable bonds is 3. The number of allylic oxidation sites excluding steroid dienone is 2. The summed E-state index contributed by atoms with van der Waals surface area (Å²) in [5.74, 6) is 3.56. The number of nitrogens with two attached hydrogens (primary N) is 1. The zero-order valence-corrected chi connectivity index (χ0v) is 19.1. The summed E-state index contributed by atoms with van der Waals surface area (Å²) in [6, 6.07) is 0. The van der Waals surface area contributed by atoms with Gasteiger partial charge in [-0.15, -0.1) is 0 Å². The van der Waals surface area contributed by atoms with E-state index in [1.807, 2.05) is 0 Å². The molecule has 172 valence electrons. The predicted molar refractivity (Wildman–Crippen MR) is 121 cm³/mol. The molecule has 4 aliphatic rings. The number of aliphatic hydroxyl groups is 2. The van der Waals surface area contributed by atoms with Crippen LogP contribution in [0.5, 0.6) is 0 Å². The molecule has 5 rings (SSSR count). The van der Waals surface area contributed by atoms with E-state index in [9.17, 15) is 5.11 Å². The van der Waals surface area contributed by atoms with E-state index < -0.39 is 0 Å². The standard InChI is InChI=1S/C19H29NO.C6H10N2O2/c1-18-9-7-13(20)11-12(18)3-4-14-15-5-6-17(21)19(15,2)10-8-16(14)18;7-3-6-8-4-5(10-6)1-2-9/h11,14-17,20-21H,3-10H2,1-2H3;4,9H,1-3,7H2/t14?,15?,16?,17-,18-,19-;/m0./s1. The van der Waals surface area contributed by atoms with Crippen LogP contribution in [0.3, 0.4) is 0 Å². The van der Waals surface area contributed by atoms with Gasteiger partial charge in [0, 0.05) is 12.1 Å². The molecule has 6 atom stereocenters. The summed E-state index contributed by atoms with van der Waals surface area (Å²) in [5, 5.41) is 26.9. The molecular formula is C25H39N3O3. The summed E-state index contributed by atoms with van der Waals surface area (Å²) in [7, 11) is 0. The fraction of sp³-hybridized carbons (Fsp3) is 0.760. The first kappa shape index (κ1) is 22.7. The second-order valence-electron chi connectivity index (χ2n) is 10.6. The highest BCUT2D eigenvalue weighted by Gasteiger charge is 2.58. The van der Waals surface area contributed by atoms with Gasteiger partial charge in [-0.05, 0) is 86.0 Å². The number of oxazole rings is 1. The van der Waals surface area contributed by atoms with E-state index in [0.717, 1.165) is 36.3 Å². The summed E-state index contributed by atoms with van der Waals surface area (Å²) in [6.45, 7) is 5.23. The summed E-state index contributed by atoms with van der Waals surface area (Å²) in [5.41, 5.74) is 8.20. The van der Waals surface area contributed by atoms with Crippen LogP contribution in [-0.4, -0.2) is 33.6 Å². The Bertz CT molecular complexity index is 834. The van der Waals surface area contributed by atoms with Gasteiger partial charge < -0.3 is 25.8 Å². The lowest BCUT2D eigenvalue weighted by atomic mass is 9.47. The number of nitrogens with one attached hydrogen (secondary N) is 1. The van der Waals surface area contributed by atoms with Crippen molar-refractivity contribution in [2.24, 2.45) is 34.3 Å². The molecule has 0 spiro atoms. The van der Waals surface area contributed by atoms with Crippen LogP contribution in [0.2, 0.25) is 0 Å². The Morgan fingerprint density at radius 1 is 1.16 bits per heavy atom. The van der Waals surface area contributed by atoms with Crippen LogP contribution in [0, 0.1) is 34.0 Å². The first-order valence-corrected chi connectivity index (χ1v) is 12.0. The number of hydrogen-bond donors (Lipinski definition) is 4. The number of aromatic nitrogens is 1. The van der Waals surface area contributed by atoms with Crippen LogP contribution in [0.15, 0.2) is 22.3 Å². The van der Waals surface area contributed by atoms with Gasteiger partial charge in [-0.25, -0.2) is 4.98 Å². The van der Waals surface area contributed by atoms with Crippen molar-refractivity contribution < 1.29 is 14.6 Å². The van der Waals surface area contributed by atoms with Crippen LogP contribution in [-0.2, 0) is 13.0 Å². The molecule has 6 heteroatoms. The van der Waals surface area contributed by atoms with Crippen molar-refractivity contribution in [3.05, 3.63) is 29.5 Å². The average Bonchev–Trinajstić information content (AvgIpc) is 3.33. The Hall–Kier alpha value is -1.50. The Morgan fingerprint density at radius 2 is 1.97 bits per heavy atom. The molecule has 3 unspecified atom stereocenters. The summed E-state index contributed by atoms with van der Waals surface area (Å²) < 4.78 is 5.08. The van der Waals surface area contributed by atoms with E-state index in [1.54, 1.807) is 11.8 Å². The topological polar surface area (TPSA) is 116 Å². The van der Waals surface area contributed by atoms with Crippen molar-refractivity contribution in [2.75, 3.05) is 6.61 Å². The third kappa shape index (κ3) is 4.03. The number of nitrogens with zero attached hydrogens (tertiary/aromatic N) is 1. The van der Waals surface area contributed by atoms with Crippen LogP contribution in [0.25, 0.3) is 0 Å². The van der Waals surface area contributed by atoms with Gasteiger partial charge in [0.2, 0.25) is 5.89 Å². The molecule has 3 fully saturated rings. The van der Waals surface area contributed by atoms with Gasteiger partial charge in [0.15, 0.2) is 0 Å². The summed E-state index contributed by atoms with van der Waals surface area (Å²) in [6.07, 6.45) is 13.6. The molecule has 0 radical (unpaired) electrons. The number of fused-ring (bicyclic) bond motifs is 5. The normalized spacial score (nSPS) is 39.0. The molecule has 4 aliphatic carbocycles. The van der Waals surface area contributed by atoms with Gasteiger partial charge in [-0.2, -0.15) is 0 Å². The lowest BCUT2D eigenvalue weighted by molar-refractivity contribution is -0.0721. The van der Waals surface area contributed by atoms with Crippen molar-refractivity contribution in [3.63, 3.8) is 0 Å². The van der Waals surface area contributed by atoms with Crippen molar-refractivity contribution in [1.29, 1.82) is 5.41 Å². The first-order valence-electron chi connectivity index (χ1n) is 12.0. The third-order valence-electron chi connectivity index (χ3n) is 9.08. The molecule has 31 heavy (non-hydrogen) atoms. The Kier molecular flexibility index (Phi) is 6.44. The van der Waals surface area contributed by atoms with Crippen LogP contribution < -0.4 is 5.73 Å². The highest BCUT2D eigenvalue weighted by Crippen LogP contribution is 2.65. The van der Waals surface area contributed by atoms with Gasteiger partial charge in [0.25, 0.3) is 0 Å². The summed E-state index contributed by atoms with van der Waals surface area (Å²) in [4.78, 5) is 3.85. The zero-order chi connectivity index (χ0) is 22.2. The SMILES string of the molecule is C[C@]12CCC(=N)C=C1CCC1C2CC[C@@]2(C)C1CC[C@@H]2O.NCc1ncc(CCO)o1. The Labute approximate surface area is 185 Å². The lowest BCUT2D eigenvalue weighted by Crippen LogP contribution is -2.51. The van der Waals surface area contributed by atoms with Crippen molar-refractivity contribution in [1.82, 2.24) is 4.98 Å². The van der Waals surface area contributed by atoms with Gasteiger partial charge in [0.1, 0.15) is 5.76 Å². The third-order valence-corrected chi connectivity index (χ3v) is 9.08. The van der Waals surface area contributed by atoms with E-state index in [-0.39, 0.29) is 18.1 Å². The summed E-state index contributed by atoms with van der Waals surface area (Å²) >= 11 is 0. The monoisotopic (exact) mass is 429 g/mol. The zero-order valence-electron chi connectivity index (χ0n) is 19.1. The minimum Gasteiger partial charge on any atom is -0.444 e. The van der Waals surface area contributed by atoms with E-state index >= 15 is 0 Å². The predicted octanol–water partition coefficient (Wildman–Crippen LogP) is 4.00. The van der Waals surface area contributed by atoms with E-state index in [0.29, 0.717) is 30.0 Å². The Morgan fingerprint density at radius 3 is 2.68 bits per heavy atom. The van der Waals surface area contributed by atoms with Crippen LogP contribution in [0.1, 0.15) is 76.9 Å². The minimum absolute atomic E-state index is 0.0623. The van der Waals surface area contributed by atoms with Crippen molar-refractivity contribution in [3.8, 4) is 0 Å². The molecule has 1 heterocycles. The molecule has 0 aromatic carbocycles. The molecule has 0 bridgehead atoms. The highest BCUT2D eigenvalue weighted by atomic mass is 16.4. The van der Waals surface area contributed by atoms with Gasteiger partial charge in [0.05, 0.1) is 25.5 Å². The maximum Gasteiger partial charge on any atom is 0.208 e. The van der Waals surface area contributed by atoms with Gasteiger partial charge in [-0.3, -0.25) is 0 Å². The molecule has 1 aromatic rings. The average molecular weight is 430 g/mol. The van der Waals surface area contributed by atoms with Crippen molar-refractivity contribution in [2.45, 2.75) is 84.3 Å². The van der Waals surface area contributed by atoms with E-state index in [4.69, 9.17) is 20.7 Å². The molecule has 6 nitrogen and oxygen atoms in total. The van der Waals surface area contributed by atoms with Crippen molar-refractivity contribution >= 4 is 5.71 Å². The fourth-order valence-electron chi connectivity index (χ4n) is 7.23. The molecular weight excluding hydrogens is 390 g/mol. The van der Waals surface area contributed by atoms with E-state index in [1.165, 1.54) is 38.5 Å². The lowest BCUT2D eigenvalue weighted by Gasteiger charge is -2.57. The van der Waals surface area contributed by atoms with Crippen LogP contribution >= 0.6 is 0 Å². The second-order valence-corrected chi connectivity index (χ2v) is 10.6. The molecule has 3 saturated carbocycles. The number of hydrogen-bond acceptors (Lipinski definition) is 6. The van der Waals surface area contributed by atoms with Gasteiger partial charge in [-0.1, -0.05) is 19.4 Å². The smallest absolute Gasteiger partial charge is 0.208 e. The van der Waals surface area contributed by atoms with Crippen LogP contribution in [0.4, 0.5) is 0 Å². The minimum atomic E-state index is -0.0623. The first-order chi connectivity index (χ1) is 14.8. The fourth-order valence-corrected chi connectivity index (χ4v) is 7.23. The quantitative estimate of drug-likeness (QED) is 0.579. The second kappa shape index (κ2) is 8.80. The molecule has 0 saturated heterocycles. The number of aliphatic hydroxyl groups excluding tert-OH is 2. The molecule has 5 N–H and O–H groups in total. The Balaban J connectivity index is 0.000000196. The highest BCUT2D eigenvalue weighted by molar-refractivity contribution is 5.94. The molecule has 1 aromatic heterocycles. The maximum absolute atomic E-state index is 10.5. The van der Waals surface area contributed by atoms with Gasteiger partial charge >= 0.3 is 0 Å². The molecule has 0 aliphatic heterocycles. The molecule has 0 amide bonds.